The Morgan fingerprint density at radius 3 is 2.40 bits per heavy atom. The number of benzene rings is 2. The van der Waals surface area contributed by atoms with E-state index >= 15 is 0 Å². The van der Waals surface area contributed by atoms with Crippen LogP contribution in [0, 0.1) is 12.7 Å². The van der Waals surface area contributed by atoms with Crippen molar-refractivity contribution in [2.45, 2.75) is 13.1 Å². The average molecular weight is 415 g/mol. The Kier molecular flexibility index (Phi) is 4.69. The van der Waals surface area contributed by atoms with E-state index in [1.165, 1.54) is 12.1 Å². The minimum atomic E-state index is -4.65. The molecule has 10 heteroatoms. The molecule has 152 valence electrons. The fraction of sp³-hybridized carbons (Fsp3) is 0.100. The molecule has 2 heterocycles. The van der Waals surface area contributed by atoms with E-state index in [9.17, 15) is 22.4 Å². The standard InChI is InChI=1S/C20H13F4N5O/c1-10-6-16(29-28-10)26-19-18-14(11-2-4-13(21)5-3-11)7-12(20(22,23)24)8-15(18)25-17(9-30)27-19/h2-9H,1H3,(H2,25,26,27,28,29). The van der Waals surface area contributed by atoms with Gasteiger partial charge in [-0.05, 0) is 42.3 Å². The maximum absolute atomic E-state index is 13.5. The molecule has 2 aromatic carbocycles. The summed E-state index contributed by atoms with van der Waals surface area (Å²) in [7, 11) is 0. The SMILES string of the molecule is Cc1cc(Nc2nc(C=O)nc3cc(C(F)(F)F)cc(-c4ccc(F)cc4)c23)n[nH]1. The molecule has 0 aliphatic heterocycles. The third-order valence-corrected chi connectivity index (χ3v) is 4.36. The zero-order chi connectivity index (χ0) is 21.5. The van der Waals surface area contributed by atoms with Crippen LogP contribution in [-0.4, -0.2) is 26.5 Å². The molecule has 0 saturated carbocycles. The minimum Gasteiger partial charge on any atom is -0.323 e. The molecule has 2 aromatic heterocycles. The van der Waals surface area contributed by atoms with E-state index in [0.29, 0.717) is 17.7 Å². The number of anilines is 2. The molecular formula is C20H13F4N5O. The minimum absolute atomic E-state index is 0.0870. The zero-order valence-electron chi connectivity index (χ0n) is 15.4. The third-order valence-electron chi connectivity index (χ3n) is 4.36. The largest absolute Gasteiger partial charge is 0.416 e. The molecule has 0 aliphatic rings. The van der Waals surface area contributed by atoms with Crippen molar-refractivity contribution in [2.24, 2.45) is 0 Å². The maximum atomic E-state index is 13.5. The van der Waals surface area contributed by atoms with Crippen molar-refractivity contribution in [3.8, 4) is 11.1 Å². The molecule has 30 heavy (non-hydrogen) atoms. The van der Waals surface area contributed by atoms with Crippen molar-refractivity contribution in [3.05, 3.63) is 65.4 Å². The molecule has 0 radical (unpaired) electrons. The van der Waals surface area contributed by atoms with Crippen LogP contribution in [0.2, 0.25) is 0 Å². The van der Waals surface area contributed by atoms with Gasteiger partial charge in [0.25, 0.3) is 0 Å². The molecule has 4 aromatic rings. The first kappa shape index (κ1) is 19.5. The van der Waals surface area contributed by atoms with Crippen LogP contribution in [0.1, 0.15) is 21.9 Å². The summed E-state index contributed by atoms with van der Waals surface area (Å²) < 4.78 is 53.9. The fourth-order valence-electron chi connectivity index (χ4n) is 3.05. The molecule has 0 amide bonds. The first-order valence-corrected chi connectivity index (χ1v) is 8.68. The lowest BCUT2D eigenvalue weighted by atomic mass is 9.97. The van der Waals surface area contributed by atoms with Crippen LogP contribution in [0.5, 0.6) is 0 Å². The first-order valence-electron chi connectivity index (χ1n) is 8.68. The molecule has 0 bridgehead atoms. The van der Waals surface area contributed by atoms with Crippen molar-refractivity contribution >= 4 is 28.8 Å². The predicted molar refractivity (Wildman–Crippen MR) is 102 cm³/mol. The number of carbonyl (C=O) groups is 1. The monoisotopic (exact) mass is 415 g/mol. The lowest BCUT2D eigenvalue weighted by molar-refractivity contribution is -0.137. The molecule has 0 saturated heterocycles. The molecule has 0 unspecified atom stereocenters. The summed E-state index contributed by atoms with van der Waals surface area (Å²) in [6, 6.07) is 8.47. The lowest BCUT2D eigenvalue weighted by Gasteiger charge is -2.15. The van der Waals surface area contributed by atoms with Crippen molar-refractivity contribution in [3.63, 3.8) is 0 Å². The normalized spacial score (nSPS) is 11.6. The topological polar surface area (TPSA) is 83.6 Å². The molecule has 0 atom stereocenters. The molecule has 6 nitrogen and oxygen atoms in total. The van der Waals surface area contributed by atoms with Gasteiger partial charge in [0.05, 0.1) is 16.5 Å². The predicted octanol–water partition coefficient (Wildman–Crippen LogP) is 5.04. The number of rotatable bonds is 4. The Balaban J connectivity index is 2.04. The van der Waals surface area contributed by atoms with Gasteiger partial charge in [0.1, 0.15) is 11.6 Å². The summed E-state index contributed by atoms with van der Waals surface area (Å²) in [6.45, 7) is 1.77. The van der Waals surface area contributed by atoms with Crippen LogP contribution in [0.15, 0.2) is 42.5 Å². The number of aromatic nitrogens is 4. The number of hydrogen-bond acceptors (Lipinski definition) is 5. The highest BCUT2D eigenvalue weighted by Crippen LogP contribution is 2.39. The number of nitrogens with zero attached hydrogens (tertiary/aromatic N) is 3. The summed E-state index contributed by atoms with van der Waals surface area (Å²) in [6.07, 6.45) is -4.31. The Hall–Kier alpha value is -3.82. The highest BCUT2D eigenvalue weighted by atomic mass is 19.4. The van der Waals surface area contributed by atoms with Gasteiger partial charge in [0, 0.05) is 11.8 Å². The van der Waals surface area contributed by atoms with Gasteiger partial charge in [-0.3, -0.25) is 9.89 Å². The fourth-order valence-corrected chi connectivity index (χ4v) is 3.05. The van der Waals surface area contributed by atoms with Gasteiger partial charge in [-0.15, -0.1) is 0 Å². The molecule has 0 aliphatic carbocycles. The quantitative estimate of drug-likeness (QED) is 0.360. The number of alkyl halides is 3. The van der Waals surface area contributed by atoms with E-state index in [-0.39, 0.29) is 28.1 Å². The maximum Gasteiger partial charge on any atom is 0.416 e. The Labute approximate surface area is 167 Å². The van der Waals surface area contributed by atoms with Gasteiger partial charge in [-0.1, -0.05) is 12.1 Å². The van der Waals surface area contributed by atoms with E-state index in [0.717, 1.165) is 30.0 Å². The van der Waals surface area contributed by atoms with Gasteiger partial charge in [0.15, 0.2) is 17.9 Å². The van der Waals surface area contributed by atoms with E-state index < -0.39 is 17.6 Å². The number of carbonyl (C=O) groups excluding carboxylic acids is 1. The lowest BCUT2D eigenvalue weighted by Crippen LogP contribution is -2.08. The molecule has 4 rings (SSSR count). The van der Waals surface area contributed by atoms with Gasteiger partial charge < -0.3 is 5.32 Å². The summed E-state index contributed by atoms with van der Waals surface area (Å²) in [5, 5.41) is 9.91. The highest BCUT2D eigenvalue weighted by molar-refractivity contribution is 6.04. The van der Waals surface area contributed by atoms with E-state index in [2.05, 4.69) is 25.5 Å². The zero-order valence-corrected chi connectivity index (χ0v) is 15.4. The Morgan fingerprint density at radius 1 is 1.07 bits per heavy atom. The number of aryl methyl sites for hydroxylation is 1. The number of halogens is 4. The number of H-pyrrole nitrogens is 1. The Bertz CT molecular complexity index is 1250. The van der Waals surface area contributed by atoms with Gasteiger partial charge in [0.2, 0.25) is 0 Å². The summed E-state index contributed by atoms with van der Waals surface area (Å²) in [4.78, 5) is 19.4. The van der Waals surface area contributed by atoms with Crippen LogP contribution in [0.4, 0.5) is 29.2 Å². The van der Waals surface area contributed by atoms with Gasteiger partial charge in [-0.25, -0.2) is 14.4 Å². The Morgan fingerprint density at radius 2 is 1.80 bits per heavy atom. The molecule has 0 fully saturated rings. The van der Waals surface area contributed by atoms with Crippen LogP contribution < -0.4 is 5.32 Å². The second kappa shape index (κ2) is 7.21. The molecule has 2 N–H and O–H groups in total. The van der Waals surface area contributed by atoms with Gasteiger partial charge in [-0.2, -0.15) is 18.3 Å². The van der Waals surface area contributed by atoms with E-state index in [4.69, 9.17) is 0 Å². The average Bonchev–Trinajstić information content (AvgIpc) is 3.11. The van der Waals surface area contributed by atoms with E-state index in [1.807, 2.05) is 0 Å². The third kappa shape index (κ3) is 3.71. The van der Waals surface area contributed by atoms with Gasteiger partial charge >= 0.3 is 6.18 Å². The smallest absolute Gasteiger partial charge is 0.323 e. The van der Waals surface area contributed by atoms with Crippen LogP contribution in [-0.2, 0) is 6.18 Å². The number of aldehydes is 1. The number of aromatic amines is 1. The van der Waals surface area contributed by atoms with Crippen LogP contribution in [0.3, 0.4) is 0 Å². The van der Waals surface area contributed by atoms with E-state index in [1.54, 1.807) is 13.0 Å². The first-order chi connectivity index (χ1) is 14.2. The van der Waals surface area contributed by atoms with Crippen LogP contribution >= 0.6 is 0 Å². The molecule has 0 spiro atoms. The van der Waals surface area contributed by atoms with Crippen molar-refractivity contribution in [1.82, 2.24) is 20.2 Å². The van der Waals surface area contributed by atoms with Crippen molar-refractivity contribution in [1.29, 1.82) is 0 Å². The summed E-state index contributed by atoms with van der Waals surface area (Å²) >= 11 is 0. The number of fused-ring (bicyclic) bond motifs is 1. The number of nitrogens with one attached hydrogen (secondary N) is 2. The summed E-state index contributed by atoms with van der Waals surface area (Å²) in [5.74, 6) is -0.363. The number of hydrogen-bond donors (Lipinski definition) is 2. The summed E-state index contributed by atoms with van der Waals surface area (Å²) in [5.41, 5.74) is 0.162. The van der Waals surface area contributed by atoms with Crippen molar-refractivity contribution in [2.75, 3.05) is 5.32 Å². The molecular weight excluding hydrogens is 402 g/mol. The van der Waals surface area contributed by atoms with Crippen LogP contribution in [0.25, 0.3) is 22.0 Å². The highest BCUT2D eigenvalue weighted by Gasteiger charge is 2.32. The second-order valence-electron chi connectivity index (χ2n) is 6.53. The van der Waals surface area contributed by atoms with Crippen molar-refractivity contribution < 1.29 is 22.4 Å². The second-order valence-corrected chi connectivity index (χ2v) is 6.53.